The first-order chi connectivity index (χ1) is 12.8. The van der Waals surface area contributed by atoms with Crippen molar-refractivity contribution >= 4 is 17.8 Å². The SMILES string of the molecule is COCCNC(=O)c1cc(C=CC(=O)c2c(O)cc(C)n(C)c2=O)cn1C. The van der Waals surface area contributed by atoms with E-state index in [-0.39, 0.29) is 17.2 Å². The number of ketones is 1. The molecule has 2 heterocycles. The summed E-state index contributed by atoms with van der Waals surface area (Å²) >= 11 is 0. The van der Waals surface area contributed by atoms with Gasteiger partial charge in [0.15, 0.2) is 5.78 Å². The Morgan fingerprint density at radius 1 is 1.30 bits per heavy atom. The highest BCUT2D eigenvalue weighted by molar-refractivity contribution is 6.08. The number of rotatable bonds is 7. The molecule has 0 radical (unpaired) electrons. The third-order valence-electron chi connectivity index (χ3n) is 4.17. The third-order valence-corrected chi connectivity index (χ3v) is 4.17. The highest BCUT2D eigenvalue weighted by Crippen LogP contribution is 2.16. The summed E-state index contributed by atoms with van der Waals surface area (Å²) in [5.74, 6) is -1.22. The van der Waals surface area contributed by atoms with E-state index in [1.54, 1.807) is 37.9 Å². The van der Waals surface area contributed by atoms with Crippen molar-refractivity contribution in [2.45, 2.75) is 6.92 Å². The van der Waals surface area contributed by atoms with Gasteiger partial charge in [0.2, 0.25) is 0 Å². The fourth-order valence-electron chi connectivity index (χ4n) is 2.56. The van der Waals surface area contributed by atoms with Crippen LogP contribution in [0.2, 0.25) is 0 Å². The lowest BCUT2D eigenvalue weighted by molar-refractivity contribution is 0.0928. The van der Waals surface area contributed by atoms with Crippen molar-refractivity contribution in [2.24, 2.45) is 14.1 Å². The number of methoxy groups -OCH3 is 1. The number of pyridine rings is 1. The molecule has 0 saturated heterocycles. The molecular weight excluding hydrogens is 350 g/mol. The first-order valence-electron chi connectivity index (χ1n) is 8.31. The van der Waals surface area contributed by atoms with Crippen molar-refractivity contribution in [1.29, 1.82) is 0 Å². The van der Waals surface area contributed by atoms with Gasteiger partial charge in [0.05, 0.1) is 6.61 Å². The lowest BCUT2D eigenvalue weighted by Crippen LogP contribution is -2.28. The van der Waals surface area contributed by atoms with Gasteiger partial charge in [0.25, 0.3) is 11.5 Å². The van der Waals surface area contributed by atoms with E-state index in [1.165, 1.54) is 29.8 Å². The number of hydrogen-bond donors (Lipinski definition) is 2. The predicted molar refractivity (Wildman–Crippen MR) is 101 cm³/mol. The third kappa shape index (κ3) is 4.53. The average Bonchev–Trinajstić information content (AvgIpc) is 2.99. The summed E-state index contributed by atoms with van der Waals surface area (Å²) in [6.07, 6.45) is 4.38. The Balaban J connectivity index is 2.21. The number of allylic oxidation sites excluding steroid dienone is 1. The number of ether oxygens (including phenoxy) is 1. The highest BCUT2D eigenvalue weighted by Gasteiger charge is 2.16. The van der Waals surface area contributed by atoms with Crippen molar-refractivity contribution in [3.63, 3.8) is 0 Å². The molecule has 2 N–H and O–H groups in total. The van der Waals surface area contributed by atoms with Crippen molar-refractivity contribution < 1.29 is 19.4 Å². The lowest BCUT2D eigenvalue weighted by atomic mass is 10.1. The van der Waals surface area contributed by atoms with E-state index >= 15 is 0 Å². The second-order valence-electron chi connectivity index (χ2n) is 6.13. The van der Waals surface area contributed by atoms with E-state index in [9.17, 15) is 19.5 Å². The Morgan fingerprint density at radius 2 is 2.00 bits per heavy atom. The Morgan fingerprint density at radius 3 is 2.67 bits per heavy atom. The number of nitrogens with zero attached hydrogens (tertiary/aromatic N) is 2. The summed E-state index contributed by atoms with van der Waals surface area (Å²) in [6, 6.07) is 2.99. The van der Waals surface area contributed by atoms with E-state index in [0.29, 0.717) is 30.1 Å². The van der Waals surface area contributed by atoms with E-state index in [0.717, 1.165) is 0 Å². The fraction of sp³-hybridized carbons (Fsp3) is 0.316. The Bertz CT molecular complexity index is 953. The molecule has 0 spiro atoms. The molecule has 0 aliphatic carbocycles. The van der Waals surface area contributed by atoms with Gasteiger partial charge in [-0.1, -0.05) is 0 Å². The quantitative estimate of drug-likeness (QED) is 0.428. The molecule has 0 atom stereocenters. The van der Waals surface area contributed by atoms with Crippen LogP contribution in [0.25, 0.3) is 6.08 Å². The Hall–Kier alpha value is -3.13. The van der Waals surface area contributed by atoms with Gasteiger partial charge in [-0.05, 0) is 30.7 Å². The normalized spacial score (nSPS) is 11.1. The number of carbonyl (C=O) groups excluding carboxylic acids is 2. The van der Waals surface area contributed by atoms with Crippen LogP contribution in [0.5, 0.6) is 5.75 Å². The minimum absolute atomic E-state index is 0.259. The molecule has 0 fully saturated rings. The number of aromatic nitrogens is 2. The molecule has 27 heavy (non-hydrogen) atoms. The fourth-order valence-corrected chi connectivity index (χ4v) is 2.56. The molecule has 2 rings (SSSR count). The molecule has 2 aromatic rings. The van der Waals surface area contributed by atoms with Gasteiger partial charge in [-0.3, -0.25) is 14.4 Å². The Kier molecular flexibility index (Phi) is 6.36. The molecule has 0 bridgehead atoms. The van der Waals surface area contributed by atoms with Crippen LogP contribution in [0.15, 0.2) is 29.2 Å². The average molecular weight is 373 g/mol. The smallest absolute Gasteiger partial charge is 0.267 e. The minimum atomic E-state index is -0.608. The molecule has 8 nitrogen and oxygen atoms in total. The zero-order valence-corrected chi connectivity index (χ0v) is 15.8. The van der Waals surface area contributed by atoms with E-state index < -0.39 is 11.3 Å². The Labute approximate surface area is 156 Å². The summed E-state index contributed by atoms with van der Waals surface area (Å²) in [5.41, 5.74) is 0.741. The number of carbonyl (C=O) groups is 2. The number of nitrogens with one attached hydrogen (secondary N) is 1. The van der Waals surface area contributed by atoms with Gasteiger partial charge in [-0.2, -0.15) is 0 Å². The van der Waals surface area contributed by atoms with Crippen molar-refractivity contribution in [2.75, 3.05) is 20.3 Å². The molecule has 1 amide bonds. The van der Waals surface area contributed by atoms with Gasteiger partial charge in [0, 0.05) is 45.7 Å². The van der Waals surface area contributed by atoms with Crippen molar-refractivity contribution in [3.05, 3.63) is 57.3 Å². The van der Waals surface area contributed by atoms with E-state index in [1.807, 2.05) is 0 Å². The largest absolute Gasteiger partial charge is 0.507 e. The van der Waals surface area contributed by atoms with Crippen LogP contribution in [-0.2, 0) is 18.8 Å². The van der Waals surface area contributed by atoms with Gasteiger partial charge in [-0.25, -0.2) is 0 Å². The molecular formula is C19H23N3O5. The number of aryl methyl sites for hydroxylation is 2. The van der Waals surface area contributed by atoms with Crippen molar-refractivity contribution in [3.8, 4) is 5.75 Å². The molecule has 0 aliphatic heterocycles. The predicted octanol–water partition coefficient (Wildman–Crippen LogP) is 1.01. The lowest BCUT2D eigenvalue weighted by Gasteiger charge is -2.07. The first kappa shape index (κ1) is 20.2. The second-order valence-corrected chi connectivity index (χ2v) is 6.13. The topological polar surface area (TPSA) is 103 Å². The summed E-state index contributed by atoms with van der Waals surface area (Å²) < 4.78 is 7.82. The molecule has 0 saturated carbocycles. The second kappa shape index (κ2) is 8.50. The number of aromatic hydroxyl groups is 1. The van der Waals surface area contributed by atoms with Gasteiger partial charge in [0.1, 0.15) is 17.0 Å². The standard InChI is InChI=1S/C19H23N3O5/c1-12-9-16(24)17(19(26)22(12)3)15(23)6-5-13-10-14(21(2)11-13)18(25)20-7-8-27-4/h5-6,9-11,24H,7-8H2,1-4H3,(H,20,25). The maximum absolute atomic E-state index is 12.4. The zero-order valence-electron chi connectivity index (χ0n) is 15.8. The summed E-state index contributed by atoms with van der Waals surface area (Å²) in [5, 5.41) is 12.7. The van der Waals surface area contributed by atoms with Gasteiger partial charge < -0.3 is 24.3 Å². The van der Waals surface area contributed by atoms with Crippen LogP contribution in [0, 0.1) is 6.92 Å². The van der Waals surface area contributed by atoms with Crippen LogP contribution >= 0.6 is 0 Å². The van der Waals surface area contributed by atoms with Crippen LogP contribution in [0.3, 0.4) is 0 Å². The maximum Gasteiger partial charge on any atom is 0.267 e. The van der Waals surface area contributed by atoms with E-state index in [4.69, 9.17) is 4.74 Å². The van der Waals surface area contributed by atoms with Crippen LogP contribution in [0.4, 0.5) is 0 Å². The molecule has 0 unspecified atom stereocenters. The minimum Gasteiger partial charge on any atom is -0.507 e. The monoisotopic (exact) mass is 373 g/mol. The van der Waals surface area contributed by atoms with Crippen LogP contribution in [-0.4, -0.2) is 46.2 Å². The molecule has 144 valence electrons. The zero-order chi connectivity index (χ0) is 20.1. The molecule has 0 aromatic carbocycles. The summed E-state index contributed by atoms with van der Waals surface area (Å²) in [6.45, 7) is 2.46. The summed E-state index contributed by atoms with van der Waals surface area (Å²) in [7, 11) is 4.79. The molecule has 8 heteroatoms. The maximum atomic E-state index is 12.4. The van der Waals surface area contributed by atoms with E-state index in [2.05, 4.69) is 5.32 Å². The van der Waals surface area contributed by atoms with Crippen molar-refractivity contribution in [1.82, 2.24) is 14.5 Å². The first-order valence-corrected chi connectivity index (χ1v) is 8.31. The number of hydrogen-bond acceptors (Lipinski definition) is 5. The summed E-state index contributed by atoms with van der Waals surface area (Å²) in [4.78, 5) is 36.7. The van der Waals surface area contributed by atoms with Crippen LogP contribution < -0.4 is 10.9 Å². The molecule has 0 aliphatic rings. The van der Waals surface area contributed by atoms with Crippen LogP contribution in [0.1, 0.15) is 32.1 Å². The molecule has 2 aromatic heterocycles. The van der Waals surface area contributed by atoms with Gasteiger partial charge in [-0.15, -0.1) is 0 Å². The van der Waals surface area contributed by atoms with Gasteiger partial charge >= 0.3 is 0 Å². The number of amides is 1. The highest BCUT2D eigenvalue weighted by atomic mass is 16.5.